The number of hydrogen-bond acceptors (Lipinski definition) is 4. The van der Waals surface area contributed by atoms with Crippen molar-refractivity contribution < 1.29 is 24.0 Å². The molecule has 0 bridgehead atoms. The molecule has 1 aromatic carbocycles. The van der Waals surface area contributed by atoms with Crippen LogP contribution in [0.2, 0.25) is 0 Å². The van der Waals surface area contributed by atoms with Crippen LogP contribution in [0.1, 0.15) is 25.0 Å². The first-order valence-electron chi connectivity index (χ1n) is 6.15. The van der Waals surface area contributed by atoms with E-state index in [2.05, 4.69) is 15.3 Å². The molecule has 0 aliphatic heterocycles. The molecule has 0 unspecified atom stereocenters. The fourth-order valence-corrected chi connectivity index (χ4v) is 2.31. The van der Waals surface area contributed by atoms with Gasteiger partial charge in [0.1, 0.15) is 7.11 Å². The van der Waals surface area contributed by atoms with E-state index in [0.717, 1.165) is 0 Å². The summed E-state index contributed by atoms with van der Waals surface area (Å²) in [7, 11) is -1.72. The summed E-state index contributed by atoms with van der Waals surface area (Å²) >= 11 is 0. The first-order valence-corrected chi connectivity index (χ1v) is 7.76. The number of amides is 1. The molecule has 1 amide bonds. The molecular formula is C13H19N2O5P. The van der Waals surface area contributed by atoms with Gasteiger partial charge in [0.05, 0.1) is 5.16 Å². The van der Waals surface area contributed by atoms with E-state index in [9.17, 15) is 19.1 Å². The zero-order valence-electron chi connectivity index (χ0n) is 12.3. The molecule has 0 aliphatic rings. The van der Waals surface area contributed by atoms with Gasteiger partial charge in [-0.15, -0.1) is 0 Å². The van der Waals surface area contributed by atoms with Crippen LogP contribution in [0.4, 0.5) is 0 Å². The highest BCUT2D eigenvalue weighted by atomic mass is 31.2. The Morgan fingerprint density at radius 1 is 1.33 bits per heavy atom. The topological polar surface area (TPSA) is 108 Å². The summed E-state index contributed by atoms with van der Waals surface area (Å²) in [4.78, 5) is 35.7. The Labute approximate surface area is 123 Å². The molecule has 8 heteroatoms. The number of nitrogens with zero attached hydrogens (tertiary/aromatic N) is 1. The molecule has 0 heterocycles. The second-order valence-corrected chi connectivity index (χ2v) is 7.06. The van der Waals surface area contributed by atoms with Crippen molar-refractivity contribution in [3.05, 3.63) is 35.4 Å². The van der Waals surface area contributed by atoms with E-state index in [-0.39, 0.29) is 5.71 Å². The van der Waals surface area contributed by atoms with Gasteiger partial charge in [-0.2, -0.15) is 0 Å². The lowest BCUT2D eigenvalue weighted by Gasteiger charge is -2.28. The van der Waals surface area contributed by atoms with E-state index in [1.54, 1.807) is 24.3 Å². The summed E-state index contributed by atoms with van der Waals surface area (Å²) in [5.74, 6) is -0.509. The van der Waals surface area contributed by atoms with Crippen molar-refractivity contribution >= 4 is 19.2 Å². The smallest absolute Gasteiger partial charge is 0.335 e. The van der Waals surface area contributed by atoms with Crippen molar-refractivity contribution in [2.45, 2.75) is 19.0 Å². The number of nitrogens with one attached hydrogen (secondary N) is 1. The first kappa shape index (κ1) is 17.4. The molecule has 0 radical (unpaired) electrons. The Kier molecular flexibility index (Phi) is 5.28. The van der Waals surface area contributed by atoms with Crippen molar-refractivity contribution in [1.82, 2.24) is 5.32 Å². The van der Waals surface area contributed by atoms with Crippen LogP contribution in [0.25, 0.3) is 0 Å². The standard InChI is InChI=1S/C13H19N2O5P/c1-13(2,21(17,18)19)10-8-6-5-7-9(10)11(15-20-4)12(16)14-3/h5-8H,1-4H3,(H,14,16)(H2,17,18,19). The molecule has 0 spiro atoms. The largest absolute Gasteiger partial charge is 0.398 e. The summed E-state index contributed by atoms with van der Waals surface area (Å²) in [5.41, 5.74) is 0.585. The van der Waals surface area contributed by atoms with Gasteiger partial charge in [-0.3, -0.25) is 9.36 Å². The van der Waals surface area contributed by atoms with Gasteiger partial charge in [-0.1, -0.05) is 29.4 Å². The molecule has 0 saturated carbocycles. The Balaban J connectivity index is 3.57. The minimum absolute atomic E-state index is 0.0443. The molecule has 116 valence electrons. The third-order valence-corrected chi connectivity index (χ3v) is 4.89. The number of hydrogen-bond donors (Lipinski definition) is 3. The zero-order valence-corrected chi connectivity index (χ0v) is 13.2. The van der Waals surface area contributed by atoms with Crippen molar-refractivity contribution in [2.75, 3.05) is 14.2 Å². The van der Waals surface area contributed by atoms with Gasteiger partial charge < -0.3 is 19.9 Å². The van der Waals surface area contributed by atoms with Gasteiger partial charge in [-0.25, -0.2) is 0 Å². The Morgan fingerprint density at radius 2 is 1.90 bits per heavy atom. The number of likely N-dealkylation sites (N-methyl/N-ethyl adjacent to an activating group) is 1. The highest BCUT2D eigenvalue weighted by molar-refractivity contribution is 7.53. The van der Waals surface area contributed by atoms with Crippen LogP contribution in [0.15, 0.2) is 29.4 Å². The van der Waals surface area contributed by atoms with E-state index < -0.39 is 18.7 Å². The quantitative estimate of drug-likeness (QED) is 0.430. The molecule has 0 atom stereocenters. The third kappa shape index (κ3) is 3.50. The second-order valence-electron chi connectivity index (χ2n) is 4.85. The number of carbonyl (C=O) groups is 1. The second kappa shape index (κ2) is 6.39. The molecule has 1 aromatic rings. The van der Waals surface area contributed by atoms with Gasteiger partial charge in [0.15, 0.2) is 5.71 Å². The van der Waals surface area contributed by atoms with E-state index in [1.807, 2.05) is 0 Å². The number of carbonyl (C=O) groups excluding carboxylic acids is 1. The predicted octanol–water partition coefficient (Wildman–Crippen LogP) is 1.20. The average Bonchev–Trinajstić information content (AvgIpc) is 2.42. The fraction of sp³-hybridized carbons (Fsp3) is 0.385. The molecule has 21 heavy (non-hydrogen) atoms. The van der Waals surface area contributed by atoms with Crippen LogP contribution < -0.4 is 5.32 Å². The molecule has 1 rings (SSSR count). The van der Waals surface area contributed by atoms with E-state index in [0.29, 0.717) is 11.1 Å². The van der Waals surface area contributed by atoms with Crippen molar-refractivity contribution in [3.63, 3.8) is 0 Å². The minimum atomic E-state index is -4.44. The maximum atomic E-state index is 11.9. The number of rotatable bonds is 5. The van der Waals surface area contributed by atoms with Gasteiger partial charge in [0.25, 0.3) is 5.91 Å². The van der Waals surface area contributed by atoms with Crippen molar-refractivity contribution in [3.8, 4) is 0 Å². The normalized spacial score (nSPS) is 13.0. The van der Waals surface area contributed by atoms with Crippen LogP contribution in [-0.2, 0) is 19.4 Å². The van der Waals surface area contributed by atoms with Gasteiger partial charge in [0.2, 0.25) is 0 Å². The van der Waals surface area contributed by atoms with E-state index >= 15 is 0 Å². The molecule has 3 N–H and O–H groups in total. The van der Waals surface area contributed by atoms with Gasteiger partial charge >= 0.3 is 7.60 Å². The molecule has 0 aliphatic carbocycles. The van der Waals surface area contributed by atoms with Crippen molar-refractivity contribution in [2.24, 2.45) is 5.16 Å². The summed E-state index contributed by atoms with van der Waals surface area (Å²) < 4.78 is 11.7. The fourth-order valence-electron chi connectivity index (χ4n) is 1.80. The van der Waals surface area contributed by atoms with Crippen LogP contribution in [0.5, 0.6) is 0 Å². The van der Waals surface area contributed by atoms with E-state index in [1.165, 1.54) is 28.0 Å². The summed E-state index contributed by atoms with van der Waals surface area (Å²) in [6.07, 6.45) is 0. The number of benzene rings is 1. The molecular weight excluding hydrogens is 295 g/mol. The monoisotopic (exact) mass is 314 g/mol. The molecule has 7 nitrogen and oxygen atoms in total. The maximum absolute atomic E-state index is 11.9. The Bertz CT molecular complexity index is 606. The Morgan fingerprint density at radius 3 is 2.38 bits per heavy atom. The lowest BCUT2D eigenvalue weighted by molar-refractivity contribution is -0.114. The maximum Gasteiger partial charge on any atom is 0.335 e. The van der Waals surface area contributed by atoms with Crippen LogP contribution in [-0.4, -0.2) is 35.6 Å². The first-order chi connectivity index (χ1) is 9.66. The van der Waals surface area contributed by atoms with E-state index in [4.69, 9.17) is 0 Å². The summed E-state index contributed by atoms with van der Waals surface area (Å²) in [6.45, 7) is 2.84. The summed E-state index contributed by atoms with van der Waals surface area (Å²) in [6, 6.07) is 6.43. The highest BCUT2D eigenvalue weighted by Gasteiger charge is 2.41. The van der Waals surface area contributed by atoms with Crippen LogP contribution in [0, 0.1) is 0 Å². The SMILES string of the molecule is CNC(=O)C(=NOC)c1ccccc1C(C)(C)P(=O)(O)O. The summed E-state index contributed by atoms with van der Waals surface area (Å²) in [5, 5.41) is 4.63. The number of oxime groups is 1. The van der Waals surface area contributed by atoms with Gasteiger partial charge in [0, 0.05) is 12.6 Å². The molecule has 0 aromatic heterocycles. The molecule has 0 saturated heterocycles. The Hall–Kier alpha value is -1.69. The van der Waals surface area contributed by atoms with Crippen molar-refractivity contribution in [1.29, 1.82) is 0 Å². The molecule has 0 fully saturated rings. The van der Waals surface area contributed by atoms with Gasteiger partial charge in [-0.05, 0) is 19.4 Å². The zero-order chi connectivity index (χ0) is 16.3. The minimum Gasteiger partial charge on any atom is -0.398 e. The predicted molar refractivity (Wildman–Crippen MR) is 79.1 cm³/mol. The van der Waals surface area contributed by atoms with Crippen LogP contribution >= 0.6 is 7.60 Å². The average molecular weight is 314 g/mol. The highest BCUT2D eigenvalue weighted by Crippen LogP contribution is 2.57. The van der Waals surface area contributed by atoms with Crippen LogP contribution in [0.3, 0.4) is 0 Å². The lowest BCUT2D eigenvalue weighted by atomic mass is 9.93. The third-order valence-electron chi connectivity index (χ3n) is 3.19. The lowest BCUT2D eigenvalue weighted by Crippen LogP contribution is -2.31.